The molecule has 1 saturated carbocycles. The molecular weight excluding hydrogens is 372 g/mol. The van der Waals surface area contributed by atoms with Crippen LogP contribution in [0.4, 0.5) is 0 Å². The lowest BCUT2D eigenvalue weighted by Gasteiger charge is -2.26. The highest BCUT2D eigenvalue weighted by Gasteiger charge is 2.21. The largest absolute Gasteiger partial charge is 0.497 e. The van der Waals surface area contributed by atoms with E-state index in [9.17, 15) is 14.4 Å². The van der Waals surface area contributed by atoms with Gasteiger partial charge < -0.3 is 20.1 Å². The first-order valence-corrected chi connectivity index (χ1v) is 9.96. The molecule has 0 aromatic heterocycles. The number of methoxy groups -OCH3 is 1. The molecule has 7 heteroatoms. The van der Waals surface area contributed by atoms with Gasteiger partial charge in [0, 0.05) is 12.1 Å². The maximum atomic E-state index is 12.0. The van der Waals surface area contributed by atoms with Crippen molar-refractivity contribution in [3.63, 3.8) is 0 Å². The van der Waals surface area contributed by atoms with Gasteiger partial charge in [0.15, 0.2) is 6.61 Å². The van der Waals surface area contributed by atoms with Crippen molar-refractivity contribution in [1.29, 1.82) is 0 Å². The van der Waals surface area contributed by atoms with Gasteiger partial charge in [0.05, 0.1) is 7.11 Å². The van der Waals surface area contributed by atoms with Crippen LogP contribution in [0.3, 0.4) is 0 Å². The van der Waals surface area contributed by atoms with Gasteiger partial charge in [-0.15, -0.1) is 0 Å². The third-order valence-corrected chi connectivity index (χ3v) is 4.98. The molecule has 0 heterocycles. The lowest BCUT2D eigenvalue weighted by Crippen LogP contribution is -2.42. The van der Waals surface area contributed by atoms with Crippen molar-refractivity contribution in [2.24, 2.45) is 5.92 Å². The normalized spacial score (nSPS) is 20.0. The minimum absolute atomic E-state index is 0.151. The summed E-state index contributed by atoms with van der Waals surface area (Å²) >= 11 is 0. The van der Waals surface area contributed by atoms with Crippen LogP contribution in [-0.4, -0.2) is 43.6 Å². The molecule has 1 fully saturated rings. The molecule has 29 heavy (non-hydrogen) atoms. The Hall–Kier alpha value is -2.83. The van der Waals surface area contributed by atoms with E-state index in [0.717, 1.165) is 37.0 Å². The lowest BCUT2D eigenvalue weighted by atomic mass is 9.87. The van der Waals surface area contributed by atoms with Crippen LogP contribution in [0.5, 0.6) is 5.75 Å². The second kappa shape index (κ2) is 11.2. The Kier molecular flexibility index (Phi) is 8.70. The first kappa shape index (κ1) is 22.5. The SMILES string of the molecule is COc1ccc(C=CC(=O)NC(C)C(=O)OCC(=O)NC2CCC(C)CC2)cc1. The first-order valence-electron chi connectivity index (χ1n) is 9.96. The first-order chi connectivity index (χ1) is 13.9. The number of amides is 2. The van der Waals surface area contributed by atoms with Crippen molar-refractivity contribution in [3.8, 4) is 5.75 Å². The van der Waals surface area contributed by atoms with E-state index in [1.165, 1.54) is 13.0 Å². The van der Waals surface area contributed by atoms with Crippen LogP contribution >= 0.6 is 0 Å². The Morgan fingerprint density at radius 1 is 1.14 bits per heavy atom. The van der Waals surface area contributed by atoms with Gasteiger partial charge in [-0.25, -0.2) is 4.79 Å². The summed E-state index contributed by atoms with van der Waals surface area (Å²) in [5.41, 5.74) is 0.824. The summed E-state index contributed by atoms with van der Waals surface area (Å²) in [5, 5.41) is 5.42. The van der Waals surface area contributed by atoms with Crippen molar-refractivity contribution < 1.29 is 23.9 Å². The number of carbonyl (C=O) groups is 3. The third kappa shape index (κ3) is 7.97. The third-order valence-electron chi connectivity index (χ3n) is 4.98. The van der Waals surface area contributed by atoms with E-state index in [1.807, 2.05) is 12.1 Å². The van der Waals surface area contributed by atoms with Gasteiger partial charge in [0.1, 0.15) is 11.8 Å². The Balaban J connectivity index is 1.69. The molecule has 1 unspecified atom stereocenters. The van der Waals surface area contributed by atoms with Gasteiger partial charge in [-0.2, -0.15) is 0 Å². The van der Waals surface area contributed by atoms with E-state index in [0.29, 0.717) is 5.92 Å². The number of esters is 1. The summed E-state index contributed by atoms with van der Waals surface area (Å²) < 4.78 is 10.1. The predicted molar refractivity (Wildman–Crippen MR) is 110 cm³/mol. The number of nitrogens with one attached hydrogen (secondary N) is 2. The Morgan fingerprint density at radius 2 is 1.79 bits per heavy atom. The highest BCUT2D eigenvalue weighted by molar-refractivity contribution is 5.94. The zero-order valence-corrected chi connectivity index (χ0v) is 17.3. The molecule has 2 amide bonds. The summed E-state index contributed by atoms with van der Waals surface area (Å²) in [4.78, 5) is 35.9. The number of hydrogen-bond donors (Lipinski definition) is 2. The average molecular weight is 402 g/mol. The standard InChI is InChI=1S/C22H30N2O5/c1-15-4-9-18(10-5-15)24-21(26)14-29-22(27)16(2)23-20(25)13-8-17-6-11-19(28-3)12-7-17/h6-8,11-13,15-16,18H,4-5,9-10,14H2,1-3H3,(H,23,25)(H,24,26). The van der Waals surface area contributed by atoms with Crippen LogP contribution in [0.15, 0.2) is 30.3 Å². The van der Waals surface area contributed by atoms with Crippen molar-refractivity contribution in [2.45, 2.75) is 51.6 Å². The molecule has 1 atom stereocenters. The van der Waals surface area contributed by atoms with Gasteiger partial charge in [-0.3, -0.25) is 9.59 Å². The van der Waals surface area contributed by atoms with Crippen LogP contribution in [0.1, 0.15) is 45.1 Å². The van der Waals surface area contributed by atoms with Crippen LogP contribution in [0, 0.1) is 5.92 Å². The molecule has 0 bridgehead atoms. The fourth-order valence-corrected chi connectivity index (χ4v) is 3.14. The second-order valence-electron chi connectivity index (χ2n) is 7.47. The van der Waals surface area contributed by atoms with Crippen molar-refractivity contribution >= 4 is 23.9 Å². The summed E-state index contributed by atoms with van der Waals surface area (Å²) in [5.74, 6) is 0.0414. The van der Waals surface area contributed by atoms with Crippen LogP contribution < -0.4 is 15.4 Å². The molecule has 2 rings (SSSR count). The van der Waals surface area contributed by atoms with E-state index < -0.39 is 17.9 Å². The Morgan fingerprint density at radius 3 is 2.41 bits per heavy atom. The van der Waals surface area contributed by atoms with Crippen molar-refractivity contribution in [1.82, 2.24) is 10.6 Å². The summed E-state index contributed by atoms with van der Waals surface area (Å²) in [7, 11) is 1.58. The molecule has 158 valence electrons. The number of carbonyl (C=O) groups excluding carboxylic acids is 3. The number of ether oxygens (including phenoxy) is 2. The number of hydrogen-bond acceptors (Lipinski definition) is 5. The summed E-state index contributed by atoms with van der Waals surface area (Å²) in [6.45, 7) is 3.39. The minimum atomic E-state index is -0.855. The number of rotatable bonds is 8. The smallest absolute Gasteiger partial charge is 0.328 e. The molecule has 2 N–H and O–H groups in total. The van der Waals surface area contributed by atoms with Gasteiger partial charge >= 0.3 is 5.97 Å². The molecular formula is C22H30N2O5. The van der Waals surface area contributed by atoms with E-state index in [1.54, 1.807) is 25.3 Å². The van der Waals surface area contributed by atoms with Crippen LogP contribution in [-0.2, 0) is 19.1 Å². The van der Waals surface area contributed by atoms with Gasteiger partial charge in [-0.1, -0.05) is 19.1 Å². The summed E-state index contributed by atoms with van der Waals surface area (Å²) in [6, 6.07) is 6.49. The summed E-state index contributed by atoms with van der Waals surface area (Å²) in [6.07, 6.45) is 7.06. The van der Waals surface area contributed by atoms with Gasteiger partial charge in [0.2, 0.25) is 5.91 Å². The molecule has 1 aromatic rings. The second-order valence-corrected chi connectivity index (χ2v) is 7.47. The maximum absolute atomic E-state index is 12.0. The molecule has 0 aliphatic heterocycles. The highest BCUT2D eigenvalue weighted by atomic mass is 16.5. The molecule has 0 radical (unpaired) electrons. The number of benzene rings is 1. The zero-order chi connectivity index (χ0) is 21.2. The molecule has 0 spiro atoms. The molecule has 7 nitrogen and oxygen atoms in total. The Labute approximate surface area is 171 Å². The predicted octanol–water partition coefficient (Wildman–Crippen LogP) is 2.45. The molecule has 1 aliphatic rings. The van der Waals surface area contributed by atoms with E-state index in [4.69, 9.17) is 9.47 Å². The van der Waals surface area contributed by atoms with Crippen molar-refractivity contribution in [3.05, 3.63) is 35.9 Å². The Bertz CT molecular complexity index is 721. The zero-order valence-electron chi connectivity index (χ0n) is 17.3. The fourth-order valence-electron chi connectivity index (χ4n) is 3.14. The van der Waals surface area contributed by atoms with Crippen LogP contribution in [0.2, 0.25) is 0 Å². The average Bonchev–Trinajstić information content (AvgIpc) is 2.72. The topological polar surface area (TPSA) is 93.7 Å². The maximum Gasteiger partial charge on any atom is 0.328 e. The highest BCUT2D eigenvalue weighted by Crippen LogP contribution is 2.23. The van der Waals surface area contributed by atoms with Gasteiger partial charge in [-0.05, 0) is 62.3 Å². The quantitative estimate of drug-likeness (QED) is 0.515. The monoisotopic (exact) mass is 402 g/mol. The van der Waals surface area contributed by atoms with Gasteiger partial charge in [0.25, 0.3) is 5.91 Å². The van der Waals surface area contributed by atoms with E-state index in [-0.39, 0.29) is 18.6 Å². The fraction of sp³-hybridized carbons (Fsp3) is 0.500. The molecule has 1 aromatic carbocycles. The van der Waals surface area contributed by atoms with E-state index >= 15 is 0 Å². The van der Waals surface area contributed by atoms with E-state index in [2.05, 4.69) is 17.6 Å². The lowest BCUT2D eigenvalue weighted by molar-refractivity contribution is -0.151. The molecule has 1 aliphatic carbocycles. The van der Waals surface area contributed by atoms with Crippen LogP contribution in [0.25, 0.3) is 6.08 Å². The molecule has 0 saturated heterocycles. The minimum Gasteiger partial charge on any atom is -0.497 e. The van der Waals surface area contributed by atoms with Crippen molar-refractivity contribution in [2.75, 3.05) is 13.7 Å².